The molecule has 0 aliphatic carbocycles. The van der Waals surface area contributed by atoms with Crippen LogP contribution >= 0.6 is 0 Å². The molecule has 1 atom stereocenters. The van der Waals surface area contributed by atoms with Crippen molar-refractivity contribution in [2.45, 2.75) is 19.5 Å². The van der Waals surface area contributed by atoms with Crippen LogP contribution in [0.15, 0.2) is 89.1 Å². The lowest BCUT2D eigenvalue weighted by atomic mass is 9.94. The van der Waals surface area contributed by atoms with E-state index in [1.165, 1.54) is 12.1 Å². The summed E-state index contributed by atoms with van der Waals surface area (Å²) in [5.74, 6) is 0.958. The molecule has 7 nitrogen and oxygen atoms in total. The highest BCUT2D eigenvalue weighted by atomic mass is 19.1. The average Bonchev–Trinajstić information content (AvgIpc) is 3.37. The molecule has 3 aromatic carbocycles. The summed E-state index contributed by atoms with van der Waals surface area (Å²) in [5, 5.41) is 7.20. The third kappa shape index (κ3) is 4.38. The number of hydrogen-bond acceptors (Lipinski definition) is 5. The van der Waals surface area contributed by atoms with Gasteiger partial charge in [0.05, 0.1) is 25.3 Å². The van der Waals surface area contributed by atoms with Gasteiger partial charge in [-0.2, -0.15) is 4.98 Å². The zero-order valence-corrected chi connectivity index (χ0v) is 19.2. The van der Waals surface area contributed by atoms with Crippen molar-refractivity contribution in [2.75, 3.05) is 7.11 Å². The molecule has 2 heterocycles. The Morgan fingerprint density at radius 1 is 1.03 bits per heavy atom. The van der Waals surface area contributed by atoms with E-state index in [9.17, 15) is 9.18 Å². The largest absolute Gasteiger partial charge is 0.496 e. The lowest BCUT2D eigenvalue weighted by Gasteiger charge is -2.35. The zero-order chi connectivity index (χ0) is 24.4. The molecule has 35 heavy (non-hydrogen) atoms. The Bertz CT molecular complexity index is 1380. The van der Waals surface area contributed by atoms with Crippen molar-refractivity contribution in [3.63, 3.8) is 0 Å². The van der Waals surface area contributed by atoms with Crippen LogP contribution in [0.3, 0.4) is 0 Å². The second-order valence-corrected chi connectivity index (χ2v) is 8.12. The zero-order valence-electron chi connectivity index (χ0n) is 19.2. The molecule has 5 rings (SSSR count). The predicted molar refractivity (Wildman–Crippen MR) is 129 cm³/mol. The normalized spacial score (nSPS) is 15.8. The van der Waals surface area contributed by atoms with Gasteiger partial charge in [-0.05, 0) is 42.8 Å². The van der Waals surface area contributed by atoms with Crippen molar-refractivity contribution in [1.82, 2.24) is 20.4 Å². The number of para-hydroxylation sites is 1. The van der Waals surface area contributed by atoms with Crippen LogP contribution in [-0.2, 0) is 6.54 Å². The van der Waals surface area contributed by atoms with Crippen molar-refractivity contribution < 1.29 is 18.4 Å². The van der Waals surface area contributed by atoms with Crippen molar-refractivity contribution in [1.29, 1.82) is 0 Å². The lowest BCUT2D eigenvalue weighted by Crippen LogP contribution is -2.45. The van der Waals surface area contributed by atoms with Crippen molar-refractivity contribution >= 4 is 11.6 Å². The van der Waals surface area contributed by atoms with Gasteiger partial charge in [0.1, 0.15) is 11.6 Å². The van der Waals surface area contributed by atoms with Gasteiger partial charge in [0.25, 0.3) is 5.89 Å². The first-order valence-electron chi connectivity index (χ1n) is 11.1. The summed E-state index contributed by atoms with van der Waals surface area (Å²) in [6.07, 6.45) is 0. The Morgan fingerprint density at radius 3 is 2.49 bits per heavy atom. The van der Waals surface area contributed by atoms with E-state index in [-0.39, 0.29) is 17.7 Å². The first-order chi connectivity index (χ1) is 17.0. The van der Waals surface area contributed by atoms with E-state index in [0.29, 0.717) is 35.0 Å². The second-order valence-electron chi connectivity index (χ2n) is 8.12. The number of hydrogen-bond donors (Lipinski definition) is 1. The number of ether oxygens (including phenoxy) is 1. The van der Waals surface area contributed by atoms with Crippen LogP contribution in [-0.4, -0.2) is 28.2 Å². The van der Waals surface area contributed by atoms with Crippen molar-refractivity contribution in [2.24, 2.45) is 0 Å². The number of halogens is 1. The molecule has 176 valence electrons. The summed E-state index contributed by atoms with van der Waals surface area (Å²) in [6.45, 7) is 2.16. The van der Waals surface area contributed by atoms with Gasteiger partial charge < -0.3 is 14.6 Å². The number of urea groups is 1. The van der Waals surface area contributed by atoms with E-state index in [1.807, 2.05) is 61.5 Å². The summed E-state index contributed by atoms with van der Waals surface area (Å²) >= 11 is 0. The molecule has 0 bridgehead atoms. The first-order valence-corrected chi connectivity index (χ1v) is 11.1. The average molecular weight is 471 g/mol. The van der Waals surface area contributed by atoms with Gasteiger partial charge in [-0.15, -0.1) is 0 Å². The minimum Gasteiger partial charge on any atom is -0.496 e. The third-order valence-electron chi connectivity index (χ3n) is 6.01. The maximum absolute atomic E-state index is 13.4. The Hall–Kier alpha value is -4.46. The van der Waals surface area contributed by atoms with E-state index in [1.54, 1.807) is 24.1 Å². The predicted octanol–water partition coefficient (Wildman–Crippen LogP) is 5.58. The molecule has 4 aromatic rings. The smallest absolute Gasteiger partial charge is 0.322 e. The molecule has 1 aromatic heterocycles. The van der Waals surface area contributed by atoms with Crippen molar-refractivity contribution in [3.05, 3.63) is 107 Å². The number of methoxy groups -OCH3 is 1. The molecular weight excluding hydrogens is 447 g/mol. The molecule has 0 radical (unpaired) electrons. The van der Waals surface area contributed by atoms with Crippen molar-refractivity contribution in [3.8, 4) is 17.1 Å². The molecule has 1 unspecified atom stereocenters. The summed E-state index contributed by atoms with van der Waals surface area (Å²) in [4.78, 5) is 19.5. The number of nitrogens with one attached hydrogen (secondary N) is 1. The van der Waals surface area contributed by atoms with Crippen LogP contribution < -0.4 is 10.1 Å². The standard InChI is InChI=1S/C27H23FN4O3/c1-17-23(26-30-25(31-35-26)19-12-14-21(28)15-13-19)24(18-8-4-3-5-9-18)29-27(33)32(17)16-20-10-6-7-11-22(20)34-2/h3-15,24H,16H2,1-2H3,(H,29,33). The minimum atomic E-state index is -0.487. The van der Waals surface area contributed by atoms with E-state index < -0.39 is 6.04 Å². The Kier molecular flexibility index (Phi) is 6.01. The number of nitrogens with zero attached hydrogens (tertiary/aromatic N) is 3. The Morgan fingerprint density at radius 2 is 1.74 bits per heavy atom. The number of allylic oxidation sites excluding steroid dienone is 1. The number of rotatable bonds is 6. The van der Waals surface area contributed by atoms with Crippen LogP contribution in [0.2, 0.25) is 0 Å². The molecule has 8 heteroatoms. The van der Waals surface area contributed by atoms with E-state index in [0.717, 1.165) is 11.1 Å². The highest BCUT2D eigenvalue weighted by Crippen LogP contribution is 2.38. The number of amides is 2. The third-order valence-corrected chi connectivity index (χ3v) is 6.01. The molecule has 0 spiro atoms. The molecule has 0 saturated carbocycles. The summed E-state index contributed by atoms with van der Waals surface area (Å²) in [7, 11) is 1.60. The quantitative estimate of drug-likeness (QED) is 0.398. The minimum absolute atomic E-state index is 0.246. The maximum atomic E-state index is 13.4. The fourth-order valence-electron chi connectivity index (χ4n) is 4.20. The van der Waals surface area contributed by atoms with Gasteiger partial charge in [0.15, 0.2) is 0 Å². The SMILES string of the molecule is COc1ccccc1CN1C(=O)NC(c2ccccc2)C(c2nc(-c3ccc(F)cc3)no2)=C1C. The summed E-state index contributed by atoms with van der Waals surface area (Å²) < 4.78 is 24.5. The highest BCUT2D eigenvalue weighted by molar-refractivity contribution is 5.87. The molecule has 0 saturated heterocycles. The van der Waals surface area contributed by atoms with Gasteiger partial charge in [-0.3, -0.25) is 4.90 Å². The maximum Gasteiger partial charge on any atom is 0.322 e. The van der Waals surface area contributed by atoms with Crippen LogP contribution in [0.4, 0.5) is 9.18 Å². The highest BCUT2D eigenvalue weighted by Gasteiger charge is 2.36. The lowest BCUT2D eigenvalue weighted by molar-refractivity contribution is 0.202. The monoisotopic (exact) mass is 470 g/mol. The van der Waals surface area contributed by atoms with Gasteiger partial charge in [0, 0.05) is 16.8 Å². The molecule has 1 aliphatic rings. The van der Waals surface area contributed by atoms with Crippen LogP contribution in [0.1, 0.15) is 30.0 Å². The fraction of sp³-hybridized carbons (Fsp3) is 0.148. The Balaban J connectivity index is 1.59. The Labute approximate surface area is 201 Å². The van der Waals surface area contributed by atoms with Crippen LogP contribution in [0.5, 0.6) is 5.75 Å². The van der Waals surface area contributed by atoms with Gasteiger partial charge >= 0.3 is 6.03 Å². The van der Waals surface area contributed by atoms with E-state index in [2.05, 4.69) is 15.5 Å². The molecular formula is C27H23FN4O3. The number of aromatic nitrogens is 2. The van der Waals surface area contributed by atoms with Gasteiger partial charge in [-0.25, -0.2) is 9.18 Å². The molecule has 1 N–H and O–H groups in total. The van der Waals surface area contributed by atoms with E-state index in [4.69, 9.17) is 9.26 Å². The summed E-state index contributed by atoms with van der Waals surface area (Å²) in [6, 6.07) is 22.3. The molecule has 1 aliphatic heterocycles. The van der Waals surface area contributed by atoms with Gasteiger partial charge in [-0.1, -0.05) is 53.7 Å². The topological polar surface area (TPSA) is 80.5 Å². The van der Waals surface area contributed by atoms with Gasteiger partial charge in [0.2, 0.25) is 5.82 Å². The molecule has 0 fully saturated rings. The van der Waals surface area contributed by atoms with E-state index >= 15 is 0 Å². The van der Waals surface area contributed by atoms with Crippen LogP contribution in [0.25, 0.3) is 17.0 Å². The number of carbonyl (C=O) groups excluding carboxylic acids is 1. The fourth-order valence-corrected chi connectivity index (χ4v) is 4.20. The summed E-state index contributed by atoms with van der Waals surface area (Å²) in [5.41, 5.74) is 3.74. The van der Waals surface area contributed by atoms with Crippen LogP contribution in [0, 0.1) is 5.82 Å². The number of benzene rings is 3. The molecule has 2 amide bonds. The number of carbonyl (C=O) groups is 1. The second kappa shape index (κ2) is 9.42. The first kappa shape index (κ1) is 22.3.